The molecule has 0 unspecified atom stereocenters. The normalized spacial score (nSPS) is 15.5. The quantitative estimate of drug-likeness (QED) is 0.713. The summed E-state index contributed by atoms with van der Waals surface area (Å²) in [4.78, 5) is 4.38. The van der Waals surface area contributed by atoms with Crippen molar-refractivity contribution in [3.05, 3.63) is 66.1 Å². The van der Waals surface area contributed by atoms with Crippen LogP contribution in [0.25, 0.3) is 10.8 Å². The van der Waals surface area contributed by atoms with E-state index < -0.39 is 0 Å². The first-order valence-electron chi connectivity index (χ1n) is 7.82. The van der Waals surface area contributed by atoms with Crippen LogP contribution in [-0.2, 0) is 5.41 Å². The fourth-order valence-electron chi connectivity index (χ4n) is 3.19. The highest BCUT2D eigenvalue weighted by atomic mass is 19.1. The second kappa shape index (κ2) is 5.23. The highest BCUT2D eigenvalue weighted by Gasteiger charge is 2.43. The second-order valence-corrected chi connectivity index (χ2v) is 6.22. The highest BCUT2D eigenvalue weighted by molar-refractivity contribution is 6.01. The van der Waals surface area contributed by atoms with E-state index in [1.165, 1.54) is 11.6 Å². The first-order chi connectivity index (χ1) is 11.2. The largest absolute Gasteiger partial charge is 0.398 e. The van der Waals surface area contributed by atoms with Crippen LogP contribution in [0.2, 0.25) is 0 Å². The van der Waals surface area contributed by atoms with Crippen molar-refractivity contribution in [2.24, 2.45) is 0 Å². The zero-order chi connectivity index (χ0) is 15.9. The van der Waals surface area contributed by atoms with Crippen LogP contribution in [0.15, 0.2) is 54.7 Å². The fraction of sp³-hybridized carbons (Fsp3) is 0.211. The molecule has 23 heavy (non-hydrogen) atoms. The Bertz CT molecular complexity index is 857. The number of benzene rings is 2. The molecular weight excluding hydrogens is 289 g/mol. The zero-order valence-corrected chi connectivity index (χ0v) is 12.7. The van der Waals surface area contributed by atoms with Crippen molar-refractivity contribution in [3.8, 4) is 0 Å². The first-order valence-corrected chi connectivity index (χ1v) is 7.82. The van der Waals surface area contributed by atoms with Gasteiger partial charge in [-0.1, -0.05) is 30.3 Å². The van der Waals surface area contributed by atoms with Crippen molar-refractivity contribution in [1.82, 2.24) is 4.98 Å². The van der Waals surface area contributed by atoms with E-state index in [1.54, 1.807) is 18.3 Å². The summed E-state index contributed by atoms with van der Waals surface area (Å²) in [7, 11) is 0. The number of fused-ring (bicyclic) bond motifs is 1. The van der Waals surface area contributed by atoms with Crippen LogP contribution in [0, 0.1) is 5.82 Å². The molecule has 0 saturated heterocycles. The van der Waals surface area contributed by atoms with Crippen LogP contribution >= 0.6 is 0 Å². The van der Waals surface area contributed by atoms with Crippen LogP contribution in [0.3, 0.4) is 0 Å². The number of nitrogen functional groups attached to an aromatic ring is 1. The van der Waals surface area contributed by atoms with Crippen molar-refractivity contribution in [1.29, 1.82) is 0 Å². The summed E-state index contributed by atoms with van der Waals surface area (Å²) in [6, 6.07) is 15.2. The van der Waals surface area contributed by atoms with Gasteiger partial charge in [0, 0.05) is 29.2 Å². The maximum Gasteiger partial charge on any atom is 0.136 e. The van der Waals surface area contributed by atoms with E-state index in [9.17, 15) is 4.39 Å². The number of halogens is 1. The molecule has 1 aliphatic carbocycles. The molecule has 0 spiro atoms. The summed E-state index contributed by atoms with van der Waals surface area (Å²) in [5, 5.41) is 4.57. The minimum atomic E-state index is -0.274. The number of nitrogens with zero attached hydrogens (tertiary/aromatic N) is 1. The van der Waals surface area contributed by atoms with E-state index in [2.05, 4.69) is 34.6 Å². The van der Waals surface area contributed by atoms with Gasteiger partial charge in [0.15, 0.2) is 0 Å². The minimum absolute atomic E-state index is 0.160. The van der Waals surface area contributed by atoms with E-state index in [0.717, 1.165) is 19.4 Å². The Hall–Kier alpha value is -2.62. The summed E-state index contributed by atoms with van der Waals surface area (Å²) in [5.41, 5.74) is 8.09. The molecule has 3 N–H and O–H groups in total. The van der Waals surface area contributed by atoms with E-state index in [-0.39, 0.29) is 11.2 Å². The standard InChI is InChI=1S/C19H18FN3/c20-15-6-7-16(21)17-14(15)8-11-22-18(17)23-12-19(9-10-19)13-4-2-1-3-5-13/h1-8,11H,9-10,12,21H2,(H,22,23). The predicted octanol–water partition coefficient (Wildman–Crippen LogP) is 4.10. The lowest BCUT2D eigenvalue weighted by molar-refractivity contribution is 0.640. The van der Waals surface area contributed by atoms with Gasteiger partial charge >= 0.3 is 0 Å². The molecule has 1 aromatic heterocycles. The van der Waals surface area contributed by atoms with Crippen LogP contribution in [-0.4, -0.2) is 11.5 Å². The Morgan fingerprint density at radius 1 is 1.09 bits per heavy atom. The highest BCUT2D eigenvalue weighted by Crippen LogP contribution is 2.48. The molecule has 3 nitrogen and oxygen atoms in total. The molecule has 3 aromatic rings. The molecule has 1 heterocycles. The van der Waals surface area contributed by atoms with E-state index >= 15 is 0 Å². The van der Waals surface area contributed by atoms with Crippen LogP contribution in [0.4, 0.5) is 15.9 Å². The Morgan fingerprint density at radius 3 is 2.61 bits per heavy atom. The summed E-state index contributed by atoms with van der Waals surface area (Å²) >= 11 is 0. The Morgan fingerprint density at radius 2 is 1.87 bits per heavy atom. The summed E-state index contributed by atoms with van der Waals surface area (Å²) < 4.78 is 14.0. The van der Waals surface area contributed by atoms with E-state index in [4.69, 9.17) is 5.73 Å². The monoisotopic (exact) mass is 307 g/mol. The molecule has 2 aromatic carbocycles. The third kappa shape index (κ3) is 2.40. The van der Waals surface area contributed by atoms with Gasteiger partial charge < -0.3 is 11.1 Å². The predicted molar refractivity (Wildman–Crippen MR) is 92.0 cm³/mol. The van der Waals surface area contributed by atoms with Crippen molar-refractivity contribution in [2.75, 3.05) is 17.6 Å². The number of hydrogen-bond acceptors (Lipinski definition) is 3. The number of nitrogens with one attached hydrogen (secondary N) is 1. The summed E-state index contributed by atoms with van der Waals surface area (Å²) in [6.45, 7) is 0.777. The molecule has 0 amide bonds. The van der Waals surface area contributed by atoms with Crippen molar-refractivity contribution in [3.63, 3.8) is 0 Å². The molecule has 116 valence electrons. The van der Waals surface area contributed by atoms with Crippen molar-refractivity contribution in [2.45, 2.75) is 18.3 Å². The number of hydrogen-bond donors (Lipinski definition) is 2. The van der Waals surface area contributed by atoms with E-state index in [1.807, 2.05) is 6.07 Å². The molecule has 4 heteroatoms. The average Bonchev–Trinajstić information content (AvgIpc) is 3.38. The van der Waals surface area contributed by atoms with Gasteiger partial charge in [0.1, 0.15) is 11.6 Å². The van der Waals surface area contributed by atoms with Crippen molar-refractivity contribution < 1.29 is 4.39 Å². The van der Waals surface area contributed by atoms with Gasteiger partial charge in [0.2, 0.25) is 0 Å². The summed E-state index contributed by atoms with van der Waals surface area (Å²) in [6.07, 6.45) is 3.92. The molecule has 1 saturated carbocycles. The molecule has 0 aliphatic heterocycles. The SMILES string of the molecule is Nc1ccc(F)c2ccnc(NCC3(c4ccccc4)CC3)c12. The third-order valence-corrected chi connectivity index (χ3v) is 4.74. The molecule has 4 rings (SSSR count). The molecule has 0 atom stereocenters. The first kappa shape index (κ1) is 14.0. The smallest absolute Gasteiger partial charge is 0.136 e. The number of aromatic nitrogens is 1. The minimum Gasteiger partial charge on any atom is -0.398 e. The van der Waals surface area contributed by atoms with Gasteiger partial charge in [-0.05, 0) is 36.6 Å². The van der Waals surface area contributed by atoms with Gasteiger partial charge in [0.25, 0.3) is 0 Å². The van der Waals surface area contributed by atoms with Gasteiger partial charge in [-0.15, -0.1) is 0 Å². The van der Waals surface area contributed by atoms with Crippen molar-refractivity contribution >= 4 is 22.3 Å². The van der Waals surface area contributed by atoms with Gasteiger partial charge in [0.05, 0.1) is 5.39 Å². The van der Waals surface area contributed by atoms with Gasteiger partial charge in [-0.3, -0.25) is 0 Å². The topological polar surface area (TPSA) is 50.9 Å². The van der Waals surface area contributed by atoms with Crippen LogP contribution in [0.1, 0.15) is 18.4 Å². The van der Waals surface area contributed by atoms with Gasteiger partial charge in [-0.25, -0.2) is 9.37 Å². The lowest BCUT2D eigenvalue weighted by Gasteiger charge is -2.18. The Balaban J connectivity index is 1.66. The summed E-state index contributed by atoms with van der Waals surface area (Å²) in [5.74, 6) is 0.380. The Labute approximate surface area is 134 Å². The van der Waals surface area contributed by atoms with E-state index in [0.29, 0.717) is 22.3 Å². The molecule has 0 bridgehead atoms. The maximum absolute atomic E-state index is 14.0. The van der Waals surface area contributed by atoms with Gasteiger partial charge in [-0.2, -0.15) is 0 Å². The number of rotatable bonds is 4. The number of nitrogens with two attached hydrogens (primary N) is 1. The molecule has 1 aliphatic rings. The second-order valence-electron chi connectivity index (χ2n) is 6.22. The van der Waals surface area contributed by atoms with Crippen LogP contribution < -0.4 is 11.1 Å². The third-order valence-electron chi connectivity index (χ3n) is 4.74. The van der Waals surface area contributed by atoms with Crippen LogP contribution in [0.5, 0.6) is 0 Å². The average molecular weight is 307 g/mol. The lowest BCUT2D eigenvalue weighted by Crippen LogP contribution is -2.20. The fourth-order valence-corrected chi connectivity index (χ4v) is 3.19. The number of anilines is 2. The Kier molecular flexibility index (Phi) is 3.18. The lowest BCUT2D eigenvalue weighted by atomic mass is 9.96. The molecular formula is C19H18FN3. The zero-order valence-electron chi connectivity index (χ0n) is 12.7. The number of pyridine rings is 1. The maximum atomic E-state index is 14.0. The molecule has 1 fully saturated rings. The molecule has 0 radical (unpaired) electrons.